The zero-order chi connectivity index (χ0) is 28.1. The summed E-state index contributed by atoms with van der Waals surface area (Å²) in [5.74, 6) is -2.41. The highest BCUT2D eigenvalue weighted by Crippen LogP contribution is 2.09. The van der Waals surface area contributed by atoms with Crippen LogP contribution in [0.5, 0.6) is 0 Å². The maximum Gasteiger partial charge on any atom is 0.333 e. The number of carboxylic acids is 1. The third-order valence-electron chi connectivity index (χ3n) is 5.68. The van der Waals surface area contributed by atoms with Crippen LogP contribution in [-0.4, -0.2) is 62.2 Å². The van der Waals surface area contributed by atoms with Crippen molar-refractivity contribution in [3.8, 4) is 0 Å². The van der Waals surface area contributed by atoms with Gasteiger partial charge < -0.3 is 35.7 Å². The Morgan fingerprint density at radius 1 is 0.757 bits per heavy atom. The van der Waals surface area contributed by atoms with Crippen molar-refractivity contribution in [2.45, 2.75) is 96.6 Å². The summed E-state index contributed by atoms with van der Waals surface area (Å²) < 4.78 is 10.0. The molecule has 0 unspecified atom stereocenters. The zero-order valence-electron chi connectivity index (χ0n) is 22.7. The summed E-state index contributed by atoms with van der Waals surface area (Å²) in [6.07, 6.45) is 8.51. The summed E-state index contributed by atoms with van der Waals surface area (Å²) in [6, 6.07) is -1.54. The Morgan fingerprint density at radius 2 is 1.24 bits per heavy atom. The minimum absolute atomic E-state index is 0.292. The molecule has 10 heteroatoms. The normalized spacial score (nSPS) is 12.3. The van der Waals surface area contributed by atoms with Crippen molar-refractivity contribution in [1.82, 2.24) is 10.6 Å². The molecule has 1 amide bonds. The van der Waals surface area contributed by atoms with Crippen LogP contribution >= 0.6 is 0 Å². The topological polar surface area (TPSA) is 162 Å². The fourth-order valence-corrected chi connectivity index (χ4v) is 3.37. The van der Waals surface area contributed by atoms with E-state index in [1.807, 2.05) is 0 Å². The van der Waals surface area contributed by atoms with Gasteiger partial charge in [-0.3, -0.25) is 4.79 Å². The van der Waals surface area contributed by atoms with Crippen LogP contribution in [0.4, 0.5) is 0 Å². The standard InChI is InChI=1S/C27H47N3O7/c1-20(2)26(34)36-18-12-8-6-5-7-9-14-22(28)24(31)30-23(25(32)33)15-10-11-16-29-17-13-19-37-27(35)21(3)4/h22-23,29H,1,3,5-19,28H2,2,4H3,(H,30,31)(H,32,33)/t22-,23-/m0/s1. The Hall–Kier alpha value is -2.72. The molecule has 0 radical (unpaired) electrons. The Morgan fingerprint density at radius 3 is 1.81 bits per heavy atom. The van der Waals surface area contributed by atoms with E-state index in [0.717, 1.165) is 44.9 Å². The van der Waals surface area contributed by atoms with Crippen LogP contribution < -0.4 is 21.5 Å². The molecule has 0 aliphatic heterocycles. The van der Waals surface area contributed by atoms with E-state index in [1.165, 1.54) is 0 Å². The van der Waals surface area contributed by atoms with Crippen molar-refractivity contribution in [3.05, 3.63) is 24.3 Å². The Labute approximate surface area is 221 Å². The molecule has 0 rings (SSSR count). The molecule has 0 saturated carbocycles. The van der Waals surface area contributed by atoms with Gasteiger partial charge >= 0.3 is 11.9 Å². The van der Waals surface area contributed by atoms with E-state index in [4.69, 9.17) is 9.47 Å². The molecule has 0 aromatic heterocycles. The Balaban J connectivity index is 3.86. The Kier molecular flexibility index (Phi) is 19.8. The van der Waals surface area contributed by atoms with E-state index >= 15 is 0 Å². The second-order valence-electron chi connectivity index (χ2n) is 9.42. The number of carboxylic acid groups (broad SMARTS) is 1. The first-order valence-corrected chi connectivity index (χ1v) is 13.3. The number of ether oxygens (including phenoxy) is 2. The van der Waals surface area contributed by atoms with Crippen LogP contribution in [0.3, 0.4) is 0 Å². The molecule has 5 N–H and O–H groups in total. The number of carbonyl (C=O) groups is 4. The summed E-state index contributed by atoms with van der Waals surface area (Å²) in [6.45, 7) is 12.4. The number of rotatable bonds is 23. The fourth-order valence-electron chi connectivity index (χ4n) is 3.37. The average Bonchev–Trinajstić information content (AvgIpc) is 2.84. The van der Waals surface area contributed by atoms with Crippen LogP contribution in [0.15, 0.2) is 24.3 Å². The predicted molar refractivity (Wildman–Crippen MR) is 139 cm³/mol. The number of aliphatic carboxylic acids is 1. The van der Waals surface area contributed by atoms with E-state index in [1.54, 1.807) is 13.8 Å². The van der Waals surface area contributed by atoms with E-state index < -0.39 is 24.0 Å². The van der Waals surface area contributed by atoms with Gasteiger partial charge in [-0.05, 0) is 65.5 Å². The first-order valence-electron chi connectivity index (χ1n) is 13.3. The van der Waals surface area contributed by atoms with Crippen molar-refractivity contribution in [3.63, 3.8) is 0 Å². The number of hydrogen-bond donors (Lipinski definition) is 3. The highest BCUT2D eigenvalue weighted by atomic mass is 16.5. The summed E-state index contributed by atoms with van der Waals surface area (Å²) in [7, 11) is 0. The SMILES string of the molecule is C=C(C)C(=O)OCCCCCCCC[C@H]([NH3+])C(=O)N[C@@H](CCCCNCCCOC(=O)C(=C)C)C(=O)[O-]. The molecule has 37 heavy (non-hydrogen) atoms. The molecule has 10 nitrogen and oxygen atoms in total. The molecule has 0 heterocycles. The van der Waals surface area contributed by atoms with Gasteiger partial charge in [-0.2, -0.15) is 0 Å². The smallest absolute Gasteiger partial charge is 0.333 e. The lowest BCUT2D eigenvalue weighted by Crippen LogP contribution is -2.68. The third kappa shape index (κ3) is 19.1. The molecule has 0 aliphatic carbocycles. The van der Waals surface area contributed by atoms with Gasteiger partial charge in [-0.25, -0.2) is 9.59 Å². The van der Waals surface area contributed by atoms with E-state index in [2.05, 4.69) is 29.5 Å². The molecule has 0 bridgehead atoms. The first-order chi connectivity index (χ1) is 17.6. The van der Waals surface area contributed by atoms with Crippen molar-refractivity contribution in [2.75, 3.05) is 26.3 Å². The van der Waals surface area contributed by atoms with Gasteiger partial charge in [0.25, 0.3) is 5.91 Å². The van der Waals surface area contributed by atoms with Crippen LogP contribution in [0.2, 0.25) is 0 Å². The highest BCUT2D eigenvalue weighted by Gasteiger charge is 2.21. The number of hydrogen-bond acceptors (Lipinski definition) is 8. The molecule has 0 aromatic rings. The molecule has 0 saturated heterocycles. The third-order valence-corrected chi connectivity index (χ3v) is 5.68. The Bertz CT molecular complexity index is 740. The average molecular weight is 526 g/mol. The van der Waals surface area contributed by atoms with Gasteiger partial charge in [0, 0.05) is 17.6 Å². The van der Waals surface area contributed by atoms with Crippen molar-refractivity contribution in [1.29, 1.82) is 0 Å². The molecule has 0 spiro atoms. The molecule has 0 aliphatic rings. The monoisotopic (exact) mass is 525 g/mol. The first kappa shape index (κ1) is 34.3. The molecule has 212 valence electrons. The van der Waals surface area contributed by atoms with Gasteiger partial charge in [0.2, 0.25) is 0 Å². The fraction of sp³-hybridized carbons (Fsp3) is 0.704. The maximum atomic E-state index is 12.4. The second kappa shape index (κ2) is 21.4. The number of carbonyl (C=O) groups excluding carboxylic acids is 4. The summed E-state index contributed by atoms with van der Waals surface area (Å²) >= 11 is 0. The van der Waals surface area contributed by atoms with Crippen molar-refractivity contribution < 1.29 is 39.5 Å². The van der Waals surface area contributed by atoms with Crippen LogP contribution in [0.1, 0.15) is 84.5 Å². The summed E-state index contributed by atoms with van der Waals surface area (Å²) in [4.78, 5) is 46.3. The molecule has 0 fully saturated rings. The van der Waals surface area contributed by atoms with Gasteiger partial charge in [0.15, 0.2) is 6.04 Å². The van der Waals surface area contributed by atoms with E-state index in [0.29, 0.717) is 63.1 Å². The summed E-state index contributed by atoms with van der Waals surface area (Å²) in [5.41, 5.74) is 4.65. The minimum atomic E-state index is -1.29. The zero-order valence-corrected chi connectivity index (χ0v) is 22.7. The van der Waals surface area contributed by atoms with Crippen LogP contribution in [0, 0.1) is 0 Å². The van der Waals surface area contributed by atoms with Gasteiger partial charge in [0.1, 0.15) is 0 Å². The quantitative estimate of drug-likeness (QED) is 0.101. The minimum Gasteiger partial charge on any atom is -0.548 e. The van der Waals surface area contributed by atoms with Gasteiger partial charge in [-0.1, -0.05) is 38.8 Å². The highest BCUT2D eigenvalue weighted by molar-refractivity contribution is 5.87. The number of amides is 1. The lowest BCUT2D eigenvalue weighted by Gasteiger charge is -2.21. The molecular weight excluding hydrogens is 478 g/mol. The molecule has 0 aromatic carbocycles. The van der Waals surface area contributed by atoms with Crippen LogP contribution in [0.25, 0.3) is 0 Å². The number of unbranched alkanes of at least 4 members (excludes halogenated alkanes) is 6. The number of nitrogens with one attached hydrogen (secondary N) is 2. The lowest BCUT2D eigenvalue weighted by molar-refractivity contribution is -0.405. The lowest BCUT2D eigenvalue weighted by atomic mass is 10.0. The van der Waals surface area contributed by atoms with Crippen LogP contribution in [-0.2, 0) is 28.7 Å². The molecule has 2 atom stereocenters. The van der Waals surface area contributed by atoms with Gasteiger partial charge in [0.05, 0.1) is 25.2 Å². The second-order valence-corrected chi connectivity index (χ2v) is 9.42. The largest absolute Gasteiger partial charge is 0.548 e. The predicted octanol–water partition coefficient (Wildman–Crippen LogP) is 0.951. The molecular formula is C27H47N3O7. The van der Waals surface area contributed by atoms with Crippen molar-refractivity contribution >= 4 is 23.8 Å². The summed E-state index contributed by atoms with van der Waals surface area (Å²) in [5, 5.41) is 17.2. The van der Waals surface area contributed by atoms with E-state index in [-0.39, 0.29) is 11.9 Å². The van der Waals surface area contributed by atoms with Gasteiger partial charge in [-0.15, -0.1) is 0 Å². The van der Waals surface area contributed by atoms with Crippen molar-refractivity contribution in [2.24, 2.45) is 0 Å². The number of esters is 2. The van der Waals surface area contributed by atoms with E-state index in [9.17, 15) is 24.3 Å². The number of quaternary nitrogens is 1. The maximum absolute atomic E-state index is 12.4.